The summed E-state index contributed by atoms with van der Waals surface area (Å²) in [5.74, 6) is -2.65. The second kappa shape index (κ2) is 12.5. The number of carbonyl (C=O) groups is 2. The van der Waals surface area contributed by atoms with E-state index in [1.54, 1.807) is 43.3 Å². The third-order valence-corrected chi connectivity index (χ3v) is 6.14. The van der Waals surface area contributed by atoms with Crippen LogP contribution in [0.3, 0.4) is 0 Å². The van der Waals surface area contributed by atoms with Crippen LogP contribution < -0.4 is 5.32 Å². The van der Waals surface area contributed by atoms with Gasteiger partial charge in [-0.25, -0.2) is 9.78 Å². The number of aromatic carboxylic acids is 1. The molecule has 0 radical (unpaired) electrons. The van der Waals surface area contributed by atoms with Crippen LogP contribution in [0, 0.1) is 5.92 Å². The van der Waals surface area contributed by atoms with Crippen LogP contribution in [0.2, 0.25) is 0 Å². The van der Waals surface area contributed by atoms with Crippen LogP contribution in [0.4, 0.5) is 13.2 Å². The fourth-order valence-electron chi connectivity index (χ4n) is 4.02. The van der Waals surface area contributed by atoms with Crippen molar-refractivity contribution in [1.82, 2.24) is 14.9 Å². The molecule has 38 heavy (non-hydrogen) atoms. The van der Waals surface area contributed by atoms with Crippen molar-refractivity contribution >= 4 is 24.5 Å². The van der Waals surface area contributed by atoms with Gasteiger partial charge in [-0.05, 0) is 36.5 Å². The van der Waals surface area contributed by atoms with Crippen LogP contribution in [-0.4, -0.2) is 38.4 Å². The third kappa shape index (κ3) is 7.16. The molecule has 0 bridgehead atoms. The number of hydrogen-bond acceptors (Lipinski definition) is 5. The number of hydrogen-bond donors (Lipinski definition) is 3. The van der Waals surface area contributed by atoms with Gasteiger partial charge in [-0.15, -0.1) is 0 Å². The van der Waals surface area contributed by atoms with Crippen molar-refractivity contribution < 1.29 is 32.6 Å². The number of nitrogens with zero attached hydrogens (tertiary/aromatic N) is 2. The molecule has 0 aliphatic rings. The molecule has 0 aliphatic heterocycles. The molecule has 0 fully saturated rings. The van der Waals surface area contributed by atoms with Crippen LogP contribution in [0.1, 0.15) is 60.9 Å². The Morgan fingerprint density at radius 3 is 2.42 bits per heavy atom. The van der Waals surface area contributed by atoms with Gasteiger partial charge < -0.3 is 15.2 Å². The summed E-state index contributed by atoms with van der Waals surface area (Å²) in [7, 11) is 0. The number of alkyl halides is 3. The molecule has 1 amide bonds. The summed E-state index contributed by atoms with van der Waals surface area (Å²) in [4.78, 5) is 28.1. The molecule has 0 aliphatic carbocycles. The Balaban J connectivity index is 2.00. The summed E-state index contributed by atoms with van der Waals surface area (Å²) in [5, 5.41) is 11.8. The number of rotatable bonds is 11. The van der Waals surface area contributed by atoms with E-state index in [-0.39, 0.29) is 35.9 Å². The summed E-state index contributed by atoms with van der Waals surface area (Å²) in [6.07, 6.45) is -4.48. The Hall–Kier alpha value is -3.31. The molecule has 0 spiro atoms. The first-order chi connectivity index (χ1) is 17.9. The fourth-order valence-corrected chi connectivity index (χ4v) is 4.54. The van der Waals surface area contributed by atoms with E-state index in [1.165, 1.54) is 12.1 Å². The number of carboxylic acid groups (broad SMARTS) is 1. The smallest absolute Gasteiger partial charge is 0.449 e. The zero-order chi connectivity index (χ0) is 28.0. The van der Waals surface area contributed by atoms with Crippen LogP contribution >= 0.6 is 12.6 Å². The van der Waals surface area contributed by atoms with Crippen molar-refractivity contribution in [3.63, 3.8) is 0 Å². The Bertz CT molecular complexity index is 1260. The fraction of sp³-hybridized carbons (Fsp3) is 0.370. The van der Waals surface area contributed by atoms with Gasteiger partial charge in [-0.3, -0.25) is 9.36 Å². The van der Waals surface area contributed by atoms with Gasteiger partial charge in [0, 0.05) is 18.4 Å². The lowest BCUT2D eigenvalue weighted by Crippen LogP contribution is -2.31. The van der Waals surface area contributed by atoms with Crippen LogP contribution in [-0.2, 0) is 22.3 Å². The zero-order valence-corrected chi connectivity index (χ0v) is 22.1. The highest BCUT2D eigenvalue weighted by Gasteiger charge is 2.39. The average molecular weight is 550 g/mol. The average Bonchev–Trinajstić information content (AvgIpc) is 3.30. The molecular weight excluding hydrogens is 519 g/mol. The Labute approximate surface area is 224 Å². The molecule has 0 saturated heterocycles. The molecule has 204 valence electrons. The lowest BCUT2D eigenvalue weighted by atomic mass is 9.97. The predicted octanol–water partition coefficient (Wildman–Crippen LogP) is 5.81. The number of amides is 1. The van der Waals surface area contributed by atoms with E-state index < -0.39 is 35.4 Å². The van der Waals surface area contributed by atoms with Gasteiger partial charge in [-0.1, -0.05) is 56.3 Å². The lowest BCUT2D eigenvalue weighted by molar-refractivity contribution is -0.151. The molecule has 2 N–H and O–H groups in total. The number of nitrogens with one attached hydrogen (secondary N) is 1. The number of halogens is 3. The van der Waals surface area contributed by atoms with Crippen LogP contribution in [0.25, 0.3) is 11.1 Å². The molecule has 7 nitrogen and oxygen atoms in total. The van der Waals surface area contributed by atoms with Crippen molar-refractivity contribution in [1.29, 1.82) is 0 Å². The minimum absolute atomic E-state index is 0.0279. The molecule has 2 atom stereocenters. The Morgan fingerprint density at radius 2 is 1.84 bits per heavy atom. The van der Waals surface area contributed by atoms with E-state index in [4.69, 9.17) is 4.74 Å². The van der Waals surface area contributed by atoms with Crippen molar-refractivity contribution in [2.75, 3.05) is 6.61 Å². The van der Waals surface area contributed by atoms with Crippen molar-refractivity contribution in [2.45, 2.75) is 51.4 Å². The van der Waals surface area contributed by atoms with E-state index in [9.17, 15) is 27.9 Å². The minimum Gasteiger partial charge on any atom is -0.478 e. The molecule has 2 aromatic carbocycles. The van der Waals surface area contributed by atoms with Gasteiger partial charge in [0.1, 0.15) is 0 Å². The van der Waals surface area contributed by atoms with E-state index in [0.29, 0.717) is 17.5 Å². The quantitative estimate of drug-likeness (QED) is 0.263. The molecule has 3 aromatic rings. The molecule has 1 aromatic heterocycles. The van der Waals surface area contributed by atoms with E-state index in [2.05, 4.69) is 22.9 Å². The number of carbonyl (C=O) groups excluding carboxylic acids is 1. The number of ether oxygens (including phenoxy) is 1. The summed E-state index contributed by atoms with van der Waals surface area (Å²) in [6, 6.07) is 13.2. The first-order valence-corrected chi connectivity index (χ1v) is 12.6. The van der Waals surface area contributed by atoms with Gasteiger partial charge >= 0.3 is 12.1 Å². The van der Waals surface area contributed by atoms with Crippen LogP contribution in [0.5, 0.6) is 0 Å². The summed E-state index contributed by atoms with van der Waals surface area (Å²) in [6.45, 7) is 5.30. The molecule has 1 heterocycles. The second-order valence-corrected chi connectivity index (χ2v) is 9.73. The molecule has 0 saturated carbocycles. The van der Waals surface area contributed by atoms with E-state index in [0.717, 1.165) is 10.8 Å². The van der Waals surface area contributed by atoms with Gasteiger partial charge in [0.2, 0.25) is 11.7 Å². The van der Waals surface area contributed by atoms with Gasteiger partial charge in [0.15, 0.2) is 6.23 Å². The SMILES string of the molecule is CCOC(c1ccc(-c2ccccc2)c(C(=O)O)c1)n1cc(CNC(=O)[C@@H](S)CC(C)C)nc1C(F)(F)F. The lowest BCUT2D eigenvalue weighted by Gasteiger charge is -2.23. The standard InChI is InChI=1S/C27H30F3N3O4S/c1-4-37-24(18-10-11-20(21(13-18)25(35)36)17-8-6-5-7-9-17)33-15-19(32-26(33)27(28,29)30)14-31-23(34)22(38)12-16(2)3/h5-11,13,15-16,22,24,38H,4,12,14H2,1-3H3,(H,31,34)(H,35,36)/t22-,24?/m0/s1. The summed E-state index contributed by atoms with van der Waals surface area (Å²) >= 11 is 4.27. The van der Waals surface area contributed by atoms with Crippen LogP contribution in [0.15, 0.2) is 54.7 Å². The molecule has 3 rings (SSSR count). The van der Waals surface area contributed by atoms with Gasteiger partial charge in [0.25, 0.3) is 0 Å². The first-order valence-electron chi connectivity index (χ1n) is 12.1. The maximum atomic E-state index is 14.0. The maximum absolute atomic E-state index is 14.0. The second-order valence-electron chi connectivity index (χ2n) is 9.11. The normalized spacial score (nSPS) is 13.4. The van der Waals surface area contributed by atoms with Crippen molar-refractivity contribution in [3.05, 3.63) is 77.4 Å². The third-order valence-electron chi connectivity index (χ3n) is 5.70. The summed E-state index contributed by atoms with van der Waals surface area (Å²) in [5.41, 5.74) is 1.17. The number of benzene rings is 2. The van der Waals surface area contributed by atoms with Gasteiger partial charge in [-0.2, -0.15) is 25.8 Å². The number of carboxylic acids is 1. The molecule has 11 heteroatoms. The number of aromatic nitrogens is 2. The topological polar surface area (TPSA) is 93.5 Å². The van der Waals surface area contributed by atoms with Crippen molar-refractivity contribution in [2.24, 2.45) is 5.92 Å². The Morgan fingerprint density at radius 1 is 1.16 bits per heavy atom. The number of imidazole rings is 1. The predicted molar refractivity (Wildman–Crippen MR) is 140 cm³/mol. The number of thiol groups is 1. The molecular formula is C27H30F3N3O4S. The highest BCUT2D eigenvalue weighted by molar-refractivity contribution is 7.81. The summed E-state index contributed by atoms with van der Waals surface area (Å²) < 4.78 is 48.5. The Kier molecular flexibility index (Phi) is 9.61. The highest BCUT2D eigenvalue weighted by atomic mass is 32.1. The monoisotopic (exact) mass is 549 g/mol. The first kappa shape index (κ1) is 29.2. The zero-order valence-electron chi connectivity index (χ0n) is 21.2. The van der Waals surface area contributed by atoms with Crippen molar-refractivity contribution in [3.8, 4) is 11.1 Å². The molecule has 1 unspecified atom stereocenters. The minimum atomic E-state index is -4.83. The largest absolute Gasteiger partial charge is 0.478 e. The highest BCUT2D eigenvalue weighted by Crippen LogP contribution is 2.35. The van der Waals surface area contributed by atoms with Gasteiger partial charge in [0.05, 0.1) is 23.1 Å². The van der Waals surface area contributed by atoms with E-state index >= 15 is 0 Å². The van der Waals surface area contributed by atoms with E-state index in [1.807, 2.05) is 13.8 Å². The maximum Gasteiger partial charge on any atom is 0.449 e.